The minimum Gasteiger partial charge on any atom is -0.823 e. The Morgan fingerprint density at radius 1 is 1.30 bits per heavy atom. The van der Waals surface area contributed by atoms with Crippen LogP contribution in [0.5, 0.6) is 0 Å². The molecule has 0 fully saturated rings. The Bertz CT molecular complexity index is 228. The van der Waals surface area contributed by atoms with Gasteiger partial charge < -0.3 is 5.11 Å². The molecule has 0 saturated carbocycles. The van der Waals surface area contributed by atoms with Crippen LogP contribution in [0.2, 0.25) is 0 Å². The van der Waals surface area contributed by atoms with Gasteiger partial charge in [-0.2, -0.15) is 4.57 Å². The van der Waals surface area contributed by atoms with Gasteiger partial charge in [-0.15, -0.1) is 0 Å². The van der Waals surface area contributed by atoms with Crippen molar-refractivity contribution < 1.29 is 9.67 Å². The van der Waals surface area contributed by atoms with Crippen molar-refractivity contribution in [2.24, 2.45) is 0 Å². The first-order valence-electron chi connectivity index (χ1n) is 3.14. The molecule has 0 aromatic carbocycles. The summed E-state index contributed by atoms with van der Waals surface area (Å²) in [5.41, 5.74) is 0. The lowest BCUT2D eigenvalue weighted by atomic mass is 10.5. The quantitative estimate of drug-likeness (QED) is 0.398. The van der Waals surface area contributed by atoms with Crippen LogP contribution in [0.4, 0.5) is 0 Å². The van der Waals surface area contributed by atoms with Gasteiger partial charge in [-0.25, -0.2) is 0 Å². The Morgan fingerprint density at radius 2 is 1.90 bits per heavy atom. The molecule has 1 aromatic rings. The van der Waals surface area contributed by atoms with Crippen LogP contribution in [0.1, 0.15) is 6.92 Å². The predicted octanol–water partition coefficient (Wildman–Crippen LogP) is 0.153. The highest BCUT2D eigenvalue weighted by Crippen LogP contribution is 1.81. The summed E-state index contributed by atoms with van der Waals surface area (Å²) in [5.74, 6) is 0.000556. The van der Waals surface area contributed by atoms with Crippen molar-refractivity contribution in [2.75, 3.05) is 0 Å². The Balaban J connectivity index is 2.96. The second-order valence-corrected chi connectivity index (χ2v) is 1.91. The van der Waals surface area contributed by atoms with Crippen molar-refractivity contribution in [3.8, 4) is 0 Å². The zero-order chi connectivity index (χ0) is 7.40. The standard InChI is InChI=1S/C8H9NO/c1-2-8(10)9-6-4-3-5-7-9/h2-7H,1H3/b8-2+. The fourth-order valence-electron chi connectivity index (χ4n) is 0.695. The minimum atomic E-state index is 0.000556. The van der Waals surface area contributed by atoms with Gasteiger partial charge in [0.15, 0.2) is 12.4 Å². The monoisotopic (exact) mass is 135 g/mol. The largest absolute Gasteiger partial charge is 0.823 e. The predicted molar refractivity (Wildman–Crippen MR) is 36.6 cm³/mol. The van der Waals surface area contributed by atoms with E-state index in [1.807, 2.05) is 18.2 Å². The number of aromatic nitrogens is 1. The number of pyridine rings is 1. The van der Waals surface area contributed by atoms with Crippen molar-refractivity contribution in [1.82, 2.24) is 0 Å². The molecule has 52 valence electrons. The molecule has 0 aliphatic carbocycles. The van der Waals surface area contributed by atoms with Crippen molar-refractivity contribution in [3.63, 3.8) is 0 Å². The smallest absolute Gasteiger partial charge is 0.173 e. The number of rotatable bonds is 1. The van der Waals surface area contributed by atoms with Gasteiger partial charge in [-0.1, -0.05) is 6.07 Å². The number of hydrogen-bond donors (Lipinski definition) is 0. The van der Waals surface area contributed by atoms with E-state index < -0.39 is 0 Å². The highest BCUT2D eigenvalue weighted by Gasteiger charge is 1.91. The maximum Gasteiger partial charge on any atom is 0.173 e. The molecule has 1 heterocycles. The molecule has 0 aliphatic rings. The third kappa shape index (κ3) is 1.35. The lowest BCUT2D eigenvalue weighted by molar-refractivity contribution is -0.652. The fraction of sp³-hybridized carbons (Fsp3) is 0.125. The molecule has 0 N–H and O–H groups in total. The highest BCUT2D eigenvalue weighted by molar-refractivity contribution is 5.15. The van der Waals surface area contributed by atoms with E-state index in [1.165, 1.54) is 10.6 Å². The van der Waals surface area contributed by atoms with Crippen molar-refractivity contribution in [3.05, 3.63) is 36.7 Å². The zero-order valence-electron chi connectivity index (χ0n) is 5.82. The molecule has 0 aliphatic heterocycles. The molecule has 10 heavy (non-hydrogen) atoms. The number of nitrogens with zero attached hydrogens (tertiary/aromatic N) is 1. The Morgan fingerprint density at radius 3 is 2.40 bits per heavy atom. The van der Waals surface area contributed by atoms with Gasteiger partial charge in [0.2, 0.25) is 0 Å². The lowest BCUT2D eigenvalue weighted by Crippen LogP contribution is -2.37. The number of hydrogen-bond acceptors (Lipinski definition) is 1. The van der Waals surface area contributed by atoms with Gasteiger partial charge in [0.25, 0.3) is 0 Å². The number of allylic oxidation sites excluding steroid dienone is 1. The third-order valence-corrected chi connectivity index (χ3v) is 1.22. The SMILES string of the molecule is C/C=C(/[O-])[n+]1ccccc1. The molecular formula is C8H9NO. The van der Waals surface area contributed by atoms with E-state index in [9.17, 15) is 5.11 Å². The maximum atomic E-state index is 10.9. The van der Waals surface area contributed by atoms with Crippen LogP contribution in [0.15, 0.2) is 36.7 Å². The molecule has 0 amide bonds. The van der Waals surface area contributed by atoms with E-state index in [-0.39, 0.29) is 5.88 Å². The van der Waals surface area contributed by atoms with Gasteiger partial charge >= 0.3 is 0 Å². The van der Waals surface area contributed by atoms with Crippen molar-refractivity contribution in [2.45, 2.75) is 6.92 Å². The van der Waals surface area contributed by atoms with E-state index >= 15 is 0 Å². The van der Waals surface area contributed by atoms with Gasteiger partial charge in [0, 0.05) is 12.1 Å². The summed E-state index contributed by atoms with van der Waals surface area (Å²) < 4.78 is 1.53. The summed E-state index contributed by atoms with van der Waals surface area (Å²) in [6.07, 6.45) is 4.98. The lowest BCUT2D eigenvalue weighted by Gasteiger charge is -2.01. The van der Waals surface area contributed by atoms with Crippen LogP contribution < -0.4 is 9.67 Å². The normalized spacial score (nSPS) is 11.5. The van der Waals surface area contributed by atoms with Crippen molar-refractivity contribution >= 4 is 5.88 Å². The molecule has 1 aromatic heterocycles. The summed E-state index contributed by atoms with van der Waals surface area (Å²) >= 11 is 0. The Labute approximate surface area is 60.1 Å². The summed E-state index contributed by atoms with van der Waals surface area (Å²) in [6.45, 7) is 1.72. The average Bonchev–Trinajstić information content (AvgIpc) is 2.05. The molecule has 2 nitrogen and oxygen atoms in total. The molecule has 0 radical (unpaired) electrons. The van der Waals surface area contributed by atoms with Crippen LogP contribution in [0, 0.1) is 0 Å². The van der Waals surface area contributed by atoms with E-state index in [1.54, 1.807) is 19.3 Å². The molecule has 1 rings (SSSR count). The molecule has 2 heteroatoms. The first-order valence-corrected chi connectivity index (χ1v) is 3.14. The molecule has 0 spiro atoms. The van der Waals surface area contributed by atoms with E-state index in [0.29, 0.717) is 0 Å². The van der Waals surface area contributed by atoms with Gasteiger partial charge in [-0.05, 0) is 13.0 Å². The minimum absolute atomic E-state index is 0.000556. The average molecular weight is 135 g/mol. The van der Waals surface area contributed by atoms with E-state index in [2.05, 4.69) is 0 Å². The van der Waals surface area contributed by atoms with E-state index in [0.717, 1.165) is 0 Å². The summed E-state index contributed by atoms with van der Waals surface area (Å²) in [4.78, 5) is 0. The van der Waals surface area contributed by atoms with Gasteiger partial charge in [0.05, 0.1) is 0 Å². The Hall–Kier alpha value is -1.31. The van der Waals surface area contributed by atoms with Crippen LogP contribution in [-0.2, 0) is 0 Å². The molecule has 0 saturated heterocycles. The first kappa shape index (κ1) is 6.81. The second-order valence-electron chi connectivity index (χ2n) is 1.91. The zero-order valence-corrected chi connectivity index (χ0v) is 5.82. The molecular weight excluding hydrogens is 126 g/mol. The molecule has 0 bridgehead atoms. The van der Waals surface area contributed by atoms with Crippen LogP contribution in [0.25, 0.3) is 5.88 Å². The molecule has 0 unspecified atom stereocenters. The van der Waals surface area contributed by atoms with Crippen LogP contribution in [-0.4, -0.2) is 0 Å². The third-order valence-electron chi connectivity index (χ3n) is 1.22. The van der Waals surface area contributed by atoms with Crippen molar-refractivity contribution in [1.29, 1.82) is 0 Å². The van der Waals surface area contributed by atoms with Crippen LogP contribution >= 0.6 is 0 Å². The molecule has 0 atom stereocenters. The highest BCUT2D eigenvalue weighted by atomic mass is 16.3. The topological polar surface area (TPSA) is 26.9 Å². The summed E-state index contributed by atoms with van der Waals surface area (Å²) in [5, 5.41) is 10.9. The summed E-state index contributed by atoms with van der Waals surface area (Å²) in [7, 11) is 0. The maximum absolute atomic E-state index is 10.9. The Kier molecular flexibility index (Phi) is 2.05. The van der Waals surface area contributed by atoms with Crippen LogP contribution in [0.3, 0.4) is 0 Å². The van der Waals surface area contributed by atoms with E-state index in [4.69, 9.17) is 0 Å². The fourth-order valence-corrected chi connectivity index (χ4v) is 0.695. The van der Waals surface area contributed by atoms with Gasteiger partial charge in [0.1, 0.15) is 5.88 Å². The van der Waals surface area contributed by atoms with Gasteiger partial charge in [-0.3, -0.25) is 0 Å². The summed E-state index contributed by atoms with van der Waals surface area (Å²) in [6, 6.07) is 5.52. The first-order chi connectivity index (χ1) is 4.84. The second kappa shape index (κ2) is 3.01.